The van der Waals surface area contributed by atoms with Gasteiger partial charge in [-0.15, -0.1) is 0 Å². The first-order valence-electron chi connectivity index (χ1n) is 8.73. The average molecular weight is 358 g/mol. The van der Waals surface area contributed by atoms with E-state index in [1.54, 1.807) is 19.2 Å². The first-order valence-corrected chi connectivity index (χ1v) is 8.73. The maximum Gasteiger partial charge on any atom is 0.269 e. The van der Waals surface area contributed by atoms with E-state index >= 15 is 0 Å². The zero-order chi connectivity index (χ0) is 18.9. The predicted octanol–water partition coefficient (Wildman–Crippen LogP) is 4.10. The topological polar surface area (TPSA) is 79.7 Å². The van der Waals surface area contributed by atoms with Crippen LogP contribution in [0.5, 0.6) is 5.75 Å². The van der Waals surface area contributed by atoms with E-state index in [0.717, 1.165) is 49.0 Å². The van der Waals surface area contributed by atoms with Crippen molar-refractivity contribution < 1.29 is 9.66 Å². The van der Waals surface area contributed by atoms with Crippen LogP contribution < -0.4 is 15.4 Å². The molecule has 7 heteroatoms. The van der Waals surface area contributed by atoms with Crippen molar-refractivity contribution in [1.82, 2.24) is 4.90 Å². The van der Waals surface area contributed by atoms with E-state index in [1.807, 2.05) is 18.2 Å². The minimum absolute atomic E-state index is 0.0732. The van der Waals surface area contributed by atoms with Crippen molar-refractivity contribution in [1.29, 1.82) is 0 Å². The van der Waals surface area contributed by atoms with E-state index in [1.165, 1.54) is 12.1 Å². The molecule has 0 radical (unpaired) electrons. The highest BCUT2D eigenvalue weighted by molar-refractivity contribution is 5.69. The summed E-state index contributed by atoms with van der Waals surface area (Å²) in [7, 11) is 1.65. The van der Waals surface area contributed by atoms with E-state index in [0.29, 0.717) is 0 Å². The first kappa shape index (κ1) is 19.5. The van der Waals surface area contributed by atoms with Gasteiger partial charge in [0.15, 0.2) is 0 Å². The molecule has 2 rings (SSSR count). The van der Waals surface area contributed by atoms with Crippen molar-refractivity contribution in [2.45, 2.75) is 13.8 Å². The number of ether oxygens (including phenoxy) is 1. The van der Waals surface area contributed by atoms with Crippen LogP contribution in [0.25, 0.3) is 0 Å². The van der Waals surface area contributed by atoms with Crippen LogP contribution in [0.3, 0.4) is 0 Å². The zero-order valence-corrected chi connectivity index (χ0v) is 15.5. The summed E-state index contributed by atoms with van der Waals surface area (Å²) >= 11 is 0. The lowest BCUT2D eigenvalue weighted by Crippen LogP contribution is -2.28. The van der Waals surface area contributed by atoms with E-state index in [9.17, 15) is 10.1 Å². The minimum atomic E-state index is -0.408. The summed E-state index contributed by atoms with van der Waals surface area (Å²) < 4.78 is 5.42. The van der Waals surface area contributed by atoms with E-state index < -0.39 is 4.92 Å². The van der Waals surface area contributed by atoms with Crippen molar-refractivity contribution in [2.24, 2.45) is 0 Å². The van der Waals surface area contributed by atoms with Gasteiger partial charge in [0.25, 0.3) is 5.69 Å². The highest BCUT2D eigenvalue weighted by atomic mass is 16.6. The average Bonchev–Trinajstić information content (AvgIpc) is 2.66. The van der Waals surface area contributed by atoms with Crippen LogP contribution in [0, 0.1) is 10.1 Å². The Labute approximate surface area is 154 Å². The van der Waals surface area contributed by atoms with Gasteiger partial charge < -0.3 is 20.3 Å². The van der Waals surface area contributed by atoms with Crippen molar-refractivity contribution in [2.75, 3.05) is 43.9 Å². The molecule has 7 nitrogen and oxygen atoms in total. The first-order chi connectivity index (χ1) is 12.6. The molecule has 0 atom stereocenters. The zero-order valence-electron chi connectivity index (χ0n) is 15.5. The Morgan fingerprint density at radius 2 is 1.73 bits per heavy atom. The van der Waals surface area contributed by atoms with Crippen molar-refractivity contribution >= 4 is 22.7 Å². The third-order valence-corrected chi connectivity index (χ3v) is 4.20. The molecule has 140 valence electrons. The lowest BCUT2D eigenvalue weighted by molar-refractivity contribution is -0.384. The van der Waals surface area contributed by atoms with Gasteiger partial charge in [-0.2, -0.15) is 0 Å². The van der Waals surface area contributed by atoms with Gasteiger partial charge in [-0.05, 0) is 43.4 Å². The van der Waals surface area contributed by atoms with Crippen LogP contribution in [0.2, 0.25) is 0 Å². The fraction of sp³-hybridized carbons (Fsp3) is 0.368. The standard InChI is InChI=1S/C19H26N4O3/c1-4-22(5-2)13-12-20-18-14-16(8-11-19(18)26-3)21-15-6-9-17(10-7-15)23(24)25/h6-11,14,20-21H,4-5,12-13H2,1-3H3. The van der Waals surface area contributed by atoms with Gasteiger partial charge in [0, 0.05) is 36.6 Å². The molecule has 2 aromatic rings. The molecular weight excluding hydrogens is 332 g/mol. The second kappa shape index (κ2) is 9.62. The number of benzene rings is 2. The number of nitro groups is 1. The number of hydrogen-bond donors (Lipinski definition) is 2. The number of nitrogens with zero attached hydrogens (tertiary/aromatic N) is 2. The Bertz CT molecular complexity index is 715. The number of nitro benzene ring substituents is 1. The molecule has 0 aliphatic rings. The third-order valence-electron chi connectivity index (χ3n) is 4.20. The normalized spacial score (nSPS) is 10.6. The van der Waals surface area contributed by atoms with Gasteiger partial charge in [0.05, 0.1) is 17.7 Å². The maximum atomic E-state index is 10.7. The Morgan fingerprint density at radius 1 is 1.08 bits per heavy atom. The second-order valence-corrected chi connectivity index (χ2v) is 5.80. The molecule has 0 fully saturated rings. The summed E-state index contributed by atoms with van der Waals surface area (Å²) in [6.07, 6.45) is 0. The highest BCUT2D eigenvalue weighted by Gasteiger charge is 2.07. The minimum Gasteiger partial charge on any atom is -0.495 e. The molecule has 0 aliphatic heterocycles. The molecule has 0 saturated carbocycles. The molecule has 0 amide bonds. The molecule has 0 spiro atoms. The van der Waals surface area contributed by atoms with Crippen LogP contribution >= 0.6 is 0 Å². The van der Waals surface area contributed by atoms with Gasteiger partial charge in [-0.3, -0.25) is 10.1 Å². The van der Waals surface area contributed by atoms with Gasteiger partial charge in [0.2, 0.25) is 0 Å². The smallest absolute Gasteiger partial charge is 0.269 e. The van der Waals surface area contributed by atoms with E-state index in [4.69, 9.17) is 4.74 Å². The molecular formula is C19H26N4O3. The van der Waals surface area contributed by atoms with E-state index in [-0.39, 0.29) is 5.69 Å². The lowest BCUT2D eigenvalue weighted by atomic mass is 10.2. The SMILES string of the molecule is CCN(CC)CCNc1cc(Nc2ccc([N+](=O)[O-])cc2)ccc1OC. The van der Waals surface area contributed by atoms with Gasteiger partial charge in [0.1, 0.15) is 5.75 Å². The predicted molar refractivity (Wildman–Crippen MR) is 106 cm³/mol. The van der Waals surface area contributed by atoms with Gasteiger partial charge in [-0.1, -0.05) is 13.8 Å². The maximum absolute atomic E-state index is 10.7. The quantitative estimate of drug-likeness (QED) is 0.492. The summed E-state index contributed by atoms with van der Waals surface area (Å²) in [5.41, 5.74) is 2.65. The number of methoxy groups -OCH3 is 1. The van der Waals surface area contributed by atoms with Crippen molar-refractivity contribution in [3.8, 4) is 5.75 Å². The fourth-order valence-electron chi connectivity index (χ4n) is 2.65. The molecule has 0 saturated heterocycles. The highest BCUT2D eigenvalue weighted by Crippen LogP contribution is 2.29. The number of anilines is 3. The molecule has 0 aliphatic carbocycles. The summed E-state index contributed by atoms with van der Waals surface area (Å²) in [4.78, 5) is 12.7. The Morgan fingerprint density at radius 3 is 2.31 bits per heavy atom. The summed E-state index contributed by atoms with van der Waals surface area (Å²) in [5, 5.41) is 17.4. The Kier molecular flexibility index (Phi) is 7.23. The largest absolute Gasteiger partial charge is 0.495 e. The van der Waals surface area contributed by atoms with Gasteiger partial charge in [-0.25, -0.2) is 0 Å². The molecule has 26 heavy (non-hydrogen) atoms. The summed E-state index contributed by atoms with van der Waals surface area (Å²) in [6.45, 7) is 8.13. The van der Waals surface area contributed by atoms with Crippen LogP contribution in [0.4, 0.5) is 22.7 Å². The van der Waals surface area contributed by atoms with Crippen molar-refractivity contribution in [3.63, 3.8) is 0 Å². The van der Waals surface area contributed by atoms with Crippen LogP contribution in [0.1, 0.15) is 13.8 Å². The molecule has 0 bridgehead atoms. The Balaban J connectivity index is 2.06. The summed E-state index contributed by atoms with van der Waals surface area (Å²) in [6, 6.07) is 12.1. The van der Waals surface area contributed by atoms with E-state index in [2.05, 4.69) is 29.4 Å². The number of rotatable bonds is 10. The van der Waals surface area contributed by atoms with Crippen LogP contribution in [-0.4, -0.2) is 43.1 Å². The van der Waals surface area contributed by atoms with Crippen LogP contribution in [0.15, 0.2) is 42.5 Å². The number of non-ortho nitro benzene ring substituents is 1. The lowest BCUT2D eigenvalue weighted by Gasteiger charge is -2.19. The number of nitrogens with one attached hydrogen (secondary N) is 2. The molecule has 0 aromatic heterocycles. The Hall–Kier alpha value is -2.80. The van der Waals surface area contributed by atoms with Crippen molar-refractivity contribution in [3.05, 3.63) is 52.6 Å². The number of hydrogen-bond acceptors (Lipinski definition) is 6. The third kappa shape index (κ3) is 5.35. The number of likely N-dealkylation sites (N-methyl/N-ethyl adjacent to an activating group) is 1. The van der Waals surface area contributed by atoms with Crippen LogP contribution in [-0.2, 0) is 0 Å². The fourth-order valence-corrected chi connectivity index (χ4v) is 2.65. The summed E-state index contributed by atoms with van der Waals surface area (Å²) in [5.74, 6) is 0.777. The molecule has 2 N–H and O–H groups in total. The van der Waals surface area contributed by atoms with Gasteiger partial charge >= 0.3 is 0 Å². The molecule has 0 heterocycles. The molecule has 2 aromatic carbocycles. The molecule has 0 unspecified atom stereocenters. The second-order valence-electron chi connectivity index (χ2n) is 5.80. The monoisotopic (exact) mass is 358 g/mol.